The minimum absolute atomic E-state index is 0.222. The summed E-state index contributed by atoms with van der Waals surface area (Å²) in [6.07, 6.45) is 0. The quantitative estimate of drug-likeness (QED) is 0.755. The van der Waals surface area contributed by atoms with Crippen LogP contribution in [0.3, 0.4) is 0 Å². The zero-order chi connectivity index (χ0) is 18.1. The van der Waals surface area contributed by atoms with Crippen LogP contribution in [0.15, 0.2) is 47.4 Å². The molecule has 0 spiro atoms. The number of hydrogen-bond acceptors (Lipinski definition) is 4. The molecule has 0 saturated heterocycles. The molecule has 0 atom stereocenters. The van der Waals surface area contributed by atoms with E-state index in [9.17, 15) is 26.4 Å². The van der Waals surface area contributed by atoms with Crippen molar-refractivity contribution in [2.45, 2.75) is 10.4 Å². The molecule has 2 rings (SSSR count). The third kappa shape index (κ3) is 3.39. The van der Waals surface area contributed by atoms with Gasteiger partial charge in [0.1, 0.15) is 0 Å². The van der Waals surface area contributed by atoms with Gasteiger partial charge in [0.15, 0.2) is 0 Å². The van der Waals surface area contributed by atoms with Crippen molar-refractivity contribution in [3.63, 3.8) is 0 Å². The van der Waals surface area contributed by atoms with Crippen molar-refractivity contribution in [1.82, 2.24) is 0 Å². The van der Waals surface area contributed by atoms with Crippen LogP contribution in [0.25, 0.3) is 11.1 Å². The average Bonchev–Trinajstić information content (AvgIpc) is 2.53. The van der Waals surface area contributed by atoms with Crippen LogP contribution in [-0.4, -0.2) is 27.0 Å². The molecule has 2 aromatic rings. The van der Waals surface area contributed by atoms with E-state index in [4.69, 9.17) is 11.6 Å². The standard InChI is InChI=1S/C15H10ClF3O4S/c1-23-14(20)13-8-11(24(21,22)15(17,18)19)6-7-12(13)9-2-4-10(16)5-3-9/h2-8H,1H3. The van der Waals surface area contributed by atoms with Crippen LogP contribution in [0.2, 0.25) is 5.02 Å². The predicted octanol–water partition coefficient (Wildman–Crippen LogP) is 4.09. The summed E-state index contributed by atoms with van der Waals surface area (Å²) in [6, 6.07) is 8.70. The first kappa shape index (κ1) is 18.3. The van der Waals surface area contributed by atoms with Gasteiger partial charge in [-0.3, -0.25) is 0 Å². The van der Waals surface area contributed by atoms with Crippen LogP contribution in [0.5, 0.6) is 0 Å². The molecule has 0 unspecified atom stereocenters. The number of esters is 1. The summed E-state index contributed by atoms with van der Waals surface area (Å²) >= 11 is 5.77. The lowest BCUT2D eigenvalue weighted by Gasteiger charge is -2.12. The smallest absolute Gasteiger partial charge is 0.465 e. The highest BCUT2D eigenvalue weighted by molar-refractivity contribution is 7.92. The number of rotatable bonds is 3. The highest BCUT2D eigenvalue weighted by Crippen LogP contribution is 2.34. The molecule has 9 heteroatoms. The number of hydrogen-bond donors (Lipinski definition) is 0. The third-order valence-electron chi connectivity index (χ3n) is 3.17. The van der Waals surface area contributed by atoms with Crippen LogP contribution in [0.1, 0.15) is 10.4 Å². The molecule has 128 valence electrons. The second-order valence-electron chi connectivity index (χ2n) is 4.66. The van der Waals surface area contributed by atoms with E-state index in [-0.39, 0.29) is 11.1 Å². The van der Waals surface area contributed by atoms with Crippen LogP contribution in [0, 0.1) is 0 Å². The Balaban J connectivity index is 2.67. The Morgan fingerprint density at radius 2 is 1.67 bits per heavy atom. The first-order valence-corrected chi connectivity index (χ1v) is 8.23. The molecule has 0 bridgehead atoms. The van der Waals surface area contributed by atoms with Gasteiger partial charge >= 0.3 is 11.5 Å². The van der Waals surface area contributed by atoms with Crippen molar-refractivity contribution >= 4 is 27.4 Å². The molecule has 2 aromatic carbocycles. The fourth-order valence-corrected chi connectivity index (χ4v) is 2.90. The van der Waals surface area contributed by atoms with E-state index in [2.05, 4.69) is 4.74 Å². The number of benzene rings is 2. The number of alkyl halides is 3. The van der Waals surface area contributed by atoms with E-state index in [0.717, 1.165) is 19.2 Å². The SMILES string of the molecule is COC(=O)c1cc(S(=O)(=O)C(F)(F)F)ccc1-c1ccc(Cl)cc1. The van der Waals surface area contributed by atoms with Crippen LogP contribution in [-0.2, 0) is 14.6 Å². The molecule has 24 heavy (non-hydrogen) atoms. The predicted molar refractivity (Wildman–Crippen MR) is 81.5 cm³/mol. The van der Waals surface area contributed by atoms with Gasteiger partial charge in [0.25, 0.3) is 9.84 Å². The molecule has 0 amide bonds. The molecule has 0 aliphatic rings. The van der Waals surface area contributed by atoms with E-state index in [1.54, 1.807) is 12.1 Å². The Kier molecular flexibility index (Phi) is 4.91. The van der Waals surface area contributed by atoms with E-state index >= 15 is 0 Å². The minimum Gasteiger partial charge on any atom is -0.465 e. The summed E-state index contributed by atoms with van der Waals surface area (Å²) in [5.41, 5.74) is -5.08. The van der Waals surface area contributed by atoms with Gasteiger partial charge in [0.2, 0.25) is 0 Å². The number of methoxy groups -OCH3 is 1. The summed E-state index contributed by atoms with van der Waals surface area (Å²) in [7, 11) is -4.53. The first-order chi connectivity index (χ1) is 11.1. The first-order valence-electron chi connectivity index (χ1n) is 6.37. The van der Waals surface area contributed by atoms with Crippen LogP contribution in [0.4, 0.5) is 13.2 Å². The summed E-state index contributed by atoms with van der Waals surface area (Å²) < 4.78 is 65.6. The van der Waals surface area contributed by atoms with E-state index in [1.807, 2.05) is 0 Å². The maximum absolute atomic E-state index is 12.7. The maximum Gasteiger partial charge on any atom is 0.501 e. The molecule has 0 aliphatic heterocycles. The van der Waals surface area contributed by atoms with Crippen LogP contribution < -0.4 is 0 Å². The number of ether oxygens (including phenoxy) is 1. The van der Waals surface area contributed by atoms with Crippen molar-refractivity contribution in [3.8, 4) is 11.1 Å². The summed E-state index contributed by atoms with van der Waals surface area (Å²) in [5.74, 6) is -0.959. The van der Waals surface area contributed by atoms with Crippen molar-refractivity contribution < 1.29 is 31.1 Å². The van der Waals surface area contributed by atoms with Gasteiger partial charge in [-0.05, 0) is 35.4 Å². The Bertz CT molecular complexity index is 875. The second-order valence-corrected chi connectivity index (χ2v) is 7.03. The normalized spacial score (nSPS) is 12.0. The van der Waals surface area contributed by atoms with Gasteiger partial charge in [0, 0.05) is 5.02 Å². The Labute approximate surface area is 140 Å². The number of carbonyl (C=O) groups excluding carboxylic acids is 1. The lowest BCUT2D eigenvalue weighted by molar-refractivity contribution is -0.0436. The molecule has 0 saturated carbocycles. The van der Waals surface area contributed by atoms with Gasteiger partial charge in [-0.15, -0.1) is 0 Å². The lowest BCUT2D eigenvalue weighted by atomic mass is 10.00. The van der Waals surface area contributed by atoms with E-state index in [0.29, 0.717) is 16.7 Å². The number of carbonyl (C=O) groups is 1. The summed E-state index contributed by atoms with van der Waals surface area (Å²) in [6.45, 7) is 0. The van der Waals surface area contributed by atoms with Gasteiger partial charge in [0.05, 0.1) is 17.6 Å². The zero-order valence-corrected chi connectivity index (χ0v) is 13.7. The van der Waals surface area contributed by atoms with Crippen LogP contribution >= 0.6 is 11.6 Å². The zero-order valence-electron chi connectivity index (χ0n) is 12.1. The topological polar surface area (TPSA) is 60.4 Å². The summed E-state index contributed by atoms with van der Waals surface area (Å²) in [5, 5.41) is 0.426. The number of halogens is 4. The van der Waals surface area contributed by atoms with Gasteiger partial charge in [-0.25, -0.2) is 13.2 Å². The van der Waals surface area contributed by atoms with Gasteiger partial charge in [-0.2, -0.15) is 13.2 Å². The fraction of sp³-hybridized carbons (Fsp3) is 0.133. The molecular weight excluding hydrogens is 369 g/mol. The molecule has 0 radical (unpaired) electrons. The molecule has 0 heterocycles. The molecular formula is C15H10ClF3O4S. The highest BCUT2D eigenvalue weighted by atomic mass is 35.5. The highest BCUT2D eigenvalue weighted by Gasteiger charge is 2.47. The van der Waals surface area contributed by atoms with E-state index in [1.165, 1.54) is 12.1 Å². The Morgan fingerprint density at radius 1 is 1.08 bits per heavy atom. The Morgan fingerprint density at radius 3 is 2.17 bits per heavy atom. The second kappa shape index (κ2) is 6.45. The largest absolute Gasteiger partial charge is 0.501 e. The fourth-order valence-electron chi connectivity index (χ4n) is 1.98. The number of sulfone groups is 1. The van der Waals surface area contributed by atoms with Crippen molar-refractivity contribution in [2.24, 2.45) is 0 Å². The average molecular weight is 379 g/mol. The van der Waals surface area contributed by atoms with E-state index < -0.39 is 26.2 Å². The van der Waals surface area contributed by atoms with Crippen molar-refractivity contribution in [2.75, 3.05) is 7.11 Å². The van der Waals surface area contributed by atoms with Crippen molar-refractivity contribution in [1.29, 1.82) is 0 Å². The molecule has 0 aromatic heterocycles. The third-order valence-corrected chi connectivity index (χ3v) is 4.90. The molecule has 0 N–H and O–H groups in total. The maximum atomic E-state index is 12.7. The Hall–Kier alpha value is -2.06. The summed E-state index contributed by atoms with van der Waals surface area (Å²) in [4.78, 5) is 10.8. The molecule has 4 nitrogen and oxygen atoms in total. The minimum atomic E-state index is -5.58. The van der Waals surface area contributed by atoms with Gasteiger partial charge < -0.3 is 4.74 Å². The lowest BCUT2D eigenvalue weighted by Crippen LogP contribution is -2.23. The van der Waals surface area contributed by atoms with Crippen molar-refractivity contribution in [3.05, 3.63) is 53.1 Å². The van der Waals surface area contributed by atoms with Gasteiger partial charge in [-0.1, -0.05) is 29.8 Å². The molecule has 0 fully saturated rings. The molecule has 0 aliphatic carbocycles. The monoisotopic (exact) mass is 378 g/mol.